The number of ketones is 1. The van der Waals surface area contributed by atoms with Gasteiger partial charge in [0.25, 0.3) is 0 Å². The van der Waals surface area contributed by atoms with Crippen molar-refractivity contribution in [1.29, 1.82) is 0 Å². The number of nitrogens with zero attached hydrogens (tertiary/aromatic N) is 2. The molecule has 0 saturated carbocycles. The van der Waals surface area contributed by atoms with Crippen molar-refractivity contribution in [1.82, 2.24) is 4.90 Å². The van der Waals surface area contributed by atoms with Crippen molar-refractivity contribution in [3.05, 3.63) is 66.2 Å². The molecule has 0 amide bonds. The van der Waals surface area contributed by atoms with Crippen molar-refractivity contribution in [2.45, 2.75) is 6.42 Å². The van der Waals surface area contributed by atoms with Crippen LogP contribution in [0.5, 0.6) is 0 Å². The van der Waals surface area contributed by atoms with E-state index >= 15 is 0 Å². The van der Waals surface area contributed by atoms with Crippen LogP contribution >= 0.6 is 0 Å². The van der Waals surface area contributed by atoms with Gasteiger partial charge < -0.3 is 10.0 Å². The van der Waals surface area contributed by atoms with Gasteiger partial charge in [0.05, 0.1) is 6.42 Å². The van der Waals surface area contributed by atoms with E-state index < -0.39 is 11.9 Å². The zero-order chi connectivity index (χ0) is 18.4. The maximum Gasteiger partial charge on any atom is 0.304 e. The van der Waals surface area contributed by atoms with Crippen molar-refractivity contribution in [2.75, 3.05) is 37.6 Å². The second-order valence-corrected chi connectivity index (χ2v) is 6.65. The van der Waals surface area contributed by atoms with Gasteiger partial charge in [-0.3, -0.25) is 14.5 Å². The van der Waals surface area contributed by atoms with Crippen molar-refractivity contribution in [2.24, 2.45) is 5.92 Å². The minimum absolute atomic E-state index is 0.0847. The van der Waals surface area contributed by atoms with Crippen LogP contribution in [0.3, 0.4) is 0 Å². The molecule has 1 aliphatic rings. The highest BCUT2D eigenvalue weighted by atomic mass is 16.4. The zero-order valence-corrected chi connectivity index (χ0v) is 14.8. The maximum absolute atomic E-state index is 12.7. The first-order chi connectivity index (χ1) is 12.6. The van der Waals surface area contributed by atoms with Crippen molar-refractivity contribution >= 4 is 17.4 Å². The number of carbonyl (C=O) groups excluding carboxylic acids is 1. The maximum atomic E-state index is 12.7. The van der Waals surface area contributed by atoms with Crippen LogP contribution in [0.4, 0.5) is 5.69 Å². The third kappa shape index (κ3) is 4.70. The van der Waals surface area contributed by atoms with Gasteiger partial charge in [-0.05, 0) is 12.1 Å². The van der Waals surface area contributed by atoms with Gasteiger partial charge in [0, 0.05) is 49.9 Å². The first kappa shape index (κ1) is 18.1. The molecule has 0 aromatic heterocycles. The van der Waals surface area contributed by atoms with Crippen molar-refractivity contribution in [3.63, 3.8) is 0 Å². The summed E-state index contributed by atoms with van der Waals surface area (Å²) in [4.78, 5) is 28.5. The monoisotopic (exact) mass is 352 g/mol. The second kappa shape index (κ2) is 8.63. The van der Waals surface area contributed by atoms with E-state index in [2.05, 4.69) is 21.9 Å². The molecule has 1 saturated heterocycles. The molecule has 2 aromatic carbocycles. The van der Waals surface area contributed by atoms with Gasteiger partial charge in [-0.1, -0.05) is 48.5 Å². The largest absolute Gasteiger partial charge is 0.481 e. The molecule has 1 N–H and O–H groups in total. The van der Waals surface area contributed by atoms with E-state index in [1.54, 1.807) is 12.1 Å². The number of para-hydroxylation sites is 1. The number of carbonyl (C=O) groups is 2. The smallest absolute Gasteiger partial charge is 0.304 e. The van der Waals surface area contributed by atoms with E-state index in [4.69, 9.17) is 0 Å². The summed E-state index contributed by atoms with van der Waals surface area (Å²) in [7, 11) is 0. The first-order valence-electron chi connectivity index (χ1n) is 8.97. The van der Waals surface area contributed by atoms with E-state index in [0.29, 0.717) is 12.1 Å². The van der Waals surface area contributed by atoms with Crippen LogP contribution < -0.4 is 4.90 Å². The SMILES string of the molecule is O=C(O)CC(CN1CCN(c2ccccc2)CC1)C(=O)c1ccccc1. The number of hydrogen-bond acceptors (Lipinski definition) is 4. The zero-order valence-electron chi connectivity index (χ0n) is 14.8. The molecule has 1 fully saturated rings. The number of Topliss-reactive ketones (excluding diaryl/α,β-unsaturated/α-hetero) is 1. The Bertz CT molecular complexity index is 725. The number of benzene rings is 2. The average Bonchev–Trinajstić information content (AvgIpc) is 2.68. The van der Waals surface area contributed by atoms with Gasteiger partial charge in [0.15, 0.2) is 5.78 Å². The lowest BCUT2D eigenvalue weighted by Crippen LogP contribution is -2.48. The molecular weight excluding hydrogens is 328 g/mol. The molecular formula is C21H24N2O3. The third-order valence-corrected chi connectivity index (χ3v) is 4.82. The Morgan fingerprint density at radius 1 is 0.885 bits per heavy atom. The highest BCUT2D eigenvalue weighted by Crippen LogP contribution is 2.19. The van der Waals surface area contributed by atoms with Crippen LogP contribution in [0.1, 0.15) is 16.8 Å². The molecule has 1 unspecified atom stereocenters. The van der Waals surface area contributed by atoms with Gasteiger partial charge >= 0.3 is 5.97 Å². The summed E-state index contributed by atoms with van der Waals surface area (Å²) in [6.45, 7) is 3.90. The van der Waals surface area contributed by atoms with E-state index in [1.807, 2.05) is 36.4 Å². The fourth-order valence-corrected chi connectivity index (χ4v) is 3.43. The number of carboxylic acid groups (broad SMARTS) is 1. The van der Waals surface area contributed by atoms with Gasteiger partial charge in [-0.25, -0.2) is 0 Å². The molecule has 1 heterocycles. The van der Waals surface area contributed by atoms with Gasteiger partial charge in [0.2, 0.25) is 0 Å². The van der Waals surface area contributed by atoms with Crippen LogP contribution in [-0.2, 0) is 4.79 Å². The Balaban J connectivity index is 1.61. The fraction of sp³-hybridized carbons (Fsp3) is 0.333. The Hall–Kier alpha value is -2.66. The molecule has 0 bridgehead atoms. The molecule has 136 valence electrons. The average molecular weight is 352 g/mol. The minimum atomic E-state index is -0.929. The predicted octanol–water partition coefficient (Wildman–Crippen LogP) is 2.78. The number of carboxylic acids is 1. The van der Waals surface area contributed by atoms with Gasteiger partial charge in [0.1, 0.15) is 0 Å². The molecule has 5 heteroatoms. The molecule has 5 nitrogen and oxygen atoms in total. The number of piperazine rings is 1. The summed E-state index contributed by atoms with van der Waals surface area (Å²) in [5, 5.41) is 9.22. The molecule has 0 aliphatic carbocycles. The second-order valence-electron chi connectivity index (χ2n) is 6.65. The van der Waals surface area contributed by atoms with Gasteiger partial charge in [-0.2, -0.15) is 0 Å². The Morgan fingerprint density at radius 3 is 2.04 bits per heavy atom. The van der Waals surface area contributed by atoms with E-state index in [-0.39, 0.29) is 12.2 Å². The van der Waals surface area contributed by atoms with Gasteiger partial charge in [-0.15, -0.1) is 0 Å². The first-order valence-corrected chi connectivity index (χ1v) is 8.97. The molecule has 1 aliphatic heterocycles. The summed E-state index contributed by atoms with van der Waals surface area (Å²) in [6, 6.07) is 19.2. The number of hydrogen-bond donors (Lipinski definition) is 1. The topological polar surface area (TPSA) is 60.9 Å². The van der Waals surface area contributed by atoms with E-state index in [9.17, 15) is 14.7 Å². The number of aliphatic carboxylic acids is 1. The van der Waals surface area contributed by atoms with Crippen LogP contribution in [-0.4, -0.2) is 54.5 Å². The summed E-state index contributed by atoms with van der Waals surface area (Å²) in [6.07, 6.45) is -0.132. The van der Waals surface area contributed by atoms with Crippen molar-refractivity contribution in [3.8, 4) is 0 Å². The molecule has 1 atom stereocenters. The summed E-state index contributed by atoms with van der Waals surface area (Å²) >= 11 is 0. The summed E-state index contributed by atoms with van der Waals surface area (Å²) in [5.41, 5.74) is 1.79. The highest BCUT2D eigenvalue weighted by molar-refractivity contribution is 5.99. The number of rotatable bonds is 7. The standard InChI is InChI=1S/C21H24N2O3/c24-20(25)15-18(21(26)17-7-3-1-4-8-17)16-22-11-13-23(14-12-22)19-9-5-2-6-10-19/h1-10,18H,11-16H2,(H,24,25). The molecule has 0 spiro atoms. The quantitative estimate of drug-likeness (QED) is 0.777. The Kier molecular flexibility index (Phi) is 6.02. The van der Waals surface area contributed by atoms with E-state index in [0.717, 1.165) is 26.2 Å². The lowest BCUT2D eigenvalue weighted by Gasteiger charge is -2.37. The molecule has 2 aromatic rings. The van der Waals surface area contributed by atoms with E-state index in [1.165, 1.54) is 5.69 Å². The lowest BCUT2D eigenvalue weighted by molar-refractivity contribution is -0.137. The fourth-order valence-electron chi connectivity index (χ4n) is 3.43. The van der Waals surface area contributed by atoms with Crippen LogP contribution in [0, 0.1) is 5.92 Å². The highest BCUT2D eigenvalue weighted by Gasteiger charge is 2.27. The molecule has 0 radical (unpaired) electrons. The van der Waals surface area contributed by atoms with Crippen molar-refractivity contribution < 1.29 is 14.7 Å². The van der Waals surface area contributed by atoms with Crippen LogP contribution in [0.25, 0.3) is 0 Å². The predicted molar refractivity (Wildman–Crippen MR) is 102 cm³/mol. The number of anilines is 1. The molecule has 26 heavy (non-hydrogen) atoms. The molecule has 3 rings (SSSR count). The Labute approximate surface area is 153 Å². The summed E-state index contributed by atoms with van der Waals surface area (Å²) in [5.74, 6) is -1.53. The van der Waals surface area contributed by atoms with Crippen LogP contribution in [0.2, 0.25) is 0 Å². The van der Waals surface area contributed by atoms with Crippen LogP contribution in [0.15, 0.2) is 60.7 Å². The normalized spacial score (nSPS) is 16.2. The lowest BCUT2D eigenvalue weighted by atomic mass is 9.93. The Morgan fingerprint density at radius 2 is 1.46 bits per heavy atom. The minimum Gasteiger partial charge on any atom is -0.481 e. The third-order valence-electron chi connectivity index (χ3n) is 4.82. The summed E-state index contributed by atoms with van der Waals surface area (Å²) < 4.78 is 0.